The predicted molar refractivity (Wildman–Crippen MR) is 139 cm³/mol. The van der Waals surface area contributed by atoms with Crippen LogP contribution in [-0.2, 0) is 16.5 Å². The van der Waals surface area contributed by atoms with Crippen LogP contribution in [0.5, 0.6) is 0 Å². The monoisotopic (exact) mass is 507 g/mol. The summed E-state index contributed by atoms with van der Waals surface area (Å²) in [5.74, 6) is 1.29. The maximum Gasteiger partial charge on any atom is 0.257 e. The van der Waals surface area contributed by atoms with Crippen LogP contribution in [0.2, 0.25) is 0 Å². The number of methoxy groups -OCH3 is 1. The van der Waals surface area contributed by atoms with Crippen molar-refractivity contribution in [2.75, 3.05) is 32.7 Å². The van der Waals surface area contributed by atoms with Crippen LogP contribution in [0.1, 0.15) is 36.0 Å². The number of carbonyl (C=O) groups is 1. The fraction of sp³-hybridized carbons (Fsp3) is 0.462. The van der Waals surface area contributed by atoms with E-state index in [9.17, 15) is 9.90 Å². The molecule has 3 N–H and O–H groups in total. The molecular weight excluding hydrogens is 474 g/mol. The van der Waals surface area contributed by atoms with Crippen molar-refractivity contribution in [3.8, 4) is 22.6 Å². The Hall–Kier alpha value is -3.54. The zero-order valence-electron chi connectivity index (χ0n) is 21.3. The summed E-state index contributed by atoms with van der Waals surface area (Å²) in [5, 5.41) is 20.1. The Bertz CT molecular complexity index is 1340. The lowest BCUT2D eigenvalue weighted by atomic mass is 9.89. The number of amides is 1. The lowest BCUT2D eigenvalue weighted by Gasteiger charge is -2.32. The molecule has 11 nitrogen and oxygen atoms in total. The quantitative estimate of drug-likeness (QED) is 0.376. The first-order valence-electron chi connectivity index (χ1n) is 12.6. The number of rotatable bonds is 5. The van der Waals surface area contributed by atoms with E-state index in [1.54, 1.807) is 24.9 Å². The number of anilines is 1. The first-order valence-corrected chi connectivity index (χ1v) is 12.6. The summed E-state index contributed by atoms with van der Waals surface area (Å²) in [6.07, 6.45) is 8.93. The number of aromatic nitrogens is 5. The Balaban J connectivity index is 0.000000301. The number of aliphatic hydroxyl groups is 1. The van der Waals surface area contributed by atoms with Gasteiger partial charge < -0.3 is 29.8 Å². The molecule has 0 spiro atoms. The number of aliphatic hydroxyl groups excluding tert-OH is 1. The molecule has 0 aromatic carbocycles. The number of ether oxygens (including phenoxy) is 2. The van der Waals surface area contributed by atoms with Crippen molar-refractivity contribution in [3.05, 3.63) is 42.4 Å². The van der Waals surface area contributed by atoms with E-state index in [2.05, 4.69) is 20.7 Å². The molecule has 4 aliphatic rings. The summed E-state index contributed by atoms with van der Waals surface area (Å²) in [6.45, 7) is 1.70. The number of hydrogen-bond donors (Lipinski definition) is 3. The smallest absolute Gasteiger partial charge is 0.257 e. The molecule has 5 heterocycles. The fourth-order valence-electron chi connectivity index (χ4n) is 4.61. The lowest BCUT2D eigenvalue weighted by Crippen LogP contribution is -2.50. The molecule has 11 heteroatoms. The molecule has 2 aromatic heterocycles. The molecule has 0 radical (unpaired) electrons. The van der Waals surface area contributed by atoms with Crippen LogP contribution < -0.4 is 10.6 Å². The van der Waals surface area contributed by atoms with E-state index < -0.39 is 6.10 Å². The first-order chi connectivity index (χ1) is 18.0. The van der Waals surface area contributed by atoms with Gasteiger partial charge in [0.1, 0.15) is 17.2 Å². The van der Waals surface area contributed by atoms with Gasteiger partial charge in [-0.3, -0.25) is 4.79 Å². The second-order valence-electron chi connectivity index (χ2n) is 9.40. The summed E-state index contributed by atoms with van der Waals surface area (Å²) < 4.78 is 13.8. The maximum absolute atomic E-state index is 12.8. The number of aryl methyl sites for hydroxylation is 1. The van der Waals surface area contributed by atoms with Gasteiger partial charge in [-0.15, -0.1) is 0 Å². The van der Waals surface area contributed by atoms with E-state index in [-0.39, 0.29) is 11.9 Å². The number of fused-ring (bicyclic) bond motifs is 2. The Morgan fingerprint density at radius 1 is 1.24 bits per heavy atom. The first kappa shape index (κ1) is 25.1. The van der Waals surface area contributed by atoms with Crippen molar-refractivity contribution >= 4 is 17.4 Å². The van der Waals surface area contributed by atoms with Gasteiger partial charge in [0.05, 0.1) is 36.7 Å². The van der Waals surface area contributed by atoms with Crippen LogP contribution in [0.3, 0.4) is 0 Å². The molecule has 37 heavy (non-hydrogen) atoms. The van der Waals surface area contributed by atoms with E-state index in [1.807, 2.05) is 36.0 Å². The molecule has 3 aliphatic heterocycles. The standard InChI is InChI=1S/C20H21N7O2.C6H12O2/c1-21-17-8-15(12-9-22-18-11(12)4-3-7-26(18)2)24-19-13(10-23-27(17)19)20(29)25-14-5-6-16(14)28;1-7-6-3-2-4-8-5-6/h3-4,7-10,14,16,21,28H,5-6H2,1-2H3,(H,25,29);6H,2-5H2,1H3/t14-,16+;/m0./s1. The van der Waals surface area contributed by atoms with E-state index in [1.165, 1.54) is 6.20 Å². The van der Waals surface area contributed by atoms with E-state index in [0.29, 0.717) is 35.2 Å². The third-order valence-corrected chi connectivity index (χ3v) is 7.01. The van der Waals surface area contributed by atoms with Crippen molar-refractivity contribution in [2.24, 2.45) is 7.05 Å². The SMILES string of the molecule is CNc1cc(-c2cnc3n(C)cccc2-3)nc2c(C(=O)N[C@H]3CC[C@H]3O)cnn12.COC1CCCOC1. The number of hydrogen-bond acceptors (Lipinski definition) is 8. The number of nitrogens with one attached hydrogen (secondary N) is 2. The molecule has 3 atom stereocenters. The van der Waals surface area contributed by atoms with Crippen molar-refractivity contribution < 1.29 is 19.4 Å². The van der Waals surface area contributed by atoms with Crippen molar-refractivity contribution in [1.82, 2.24) is 29.5 Å². The number of pyridine rings is 1. The number of carbonyl (C=O) groups excluding carboxylic acids is 1. The summed E-state index contributed by atoms with van der Waals surface area (Å²) in [4.78, 5) is 22.0. The Morgan fingerprint density at radius 2 is 2.11 bits per heavy atom. The molecule has 1 unspecified atom stereocenters. The molecule has 1 saturated carbocycles. The minimum Gasteiger partial charge on any atom is -0.391 e. The Morgan fingerprint density at radius 3 is 2.76 bits per heavy atom. The highest BCUT2D eigenvalue weighted by molar-refractivity contribution is 6.00. The zero-order valence-corrected chi connectivity index (χ0v) is 21.3. The molecule has 1 amide bonds. The van der Waals surface area contributed by atoms with Crippen LogP contribution in [0.15, 0.2) is 36.8 Å². The summed E-state index contributed by atoms with van der Waals surface area (Å²) in [7, 11) is 5.48. The molecular formula is C26H33N7O4. The second kappa shape index (κ2) is 10.8. The van der Waals surface area contributed by atoms with Crippen LogP contribution >= 0.6 is 0 Å². The molecule has 0 bridgehead atoms. The van der Waals surface area contributed by atoms with Gasteiger partial charge in [-0.2, -0.15) is 9.61 Å². The molecule has 1 aliphatic carbocycles. The normalized spacial score (nSPS) is 21.2. The maximum atomic E-state index is 12.8. The van der Waals surface area contributed by atoms with E-state index in [0.717, 1.165) is 49.4 Å². The summed E-state index contributed by atoms with van der Waals surface area (Å²) in [6, 6.07) is 5.64. The third-order valence-electron chi connectivity index (χ3n) is 7.01. The van der Waals surface area contributed by atoms with Gasteiger partial charge in [0.25, 0.3) is 5.91 Å². The van der Waals surface area contributed by atoms with E-state index >= 15 is 0 Å². The molecule has 1 saturated heterocycles. The zero-order chi connectivity index (χ0) is 25.9. The van der Waals surface area contributed by atoms with Crippen LogP contribution in [0.25, 0.3) is 28.3 Å². The third kappa shape index (κ3) is 5.02. The molecule has 196 valence electrons. The average Bonchev–Trinajstić information content (AvgIpc) is 3.56. The van der Waals surface area contributed by atoms with Crippen molar-refractivity contribution in [3.63, 3.8) is 0 Å². The summed E-state index contributed by atoms with van der Waals surface area (Å²) >= 11 is 0. The molecule has 2 aromatic rings. The minimum absolute atomic E-state index is 0.215. The highest BCUT2D eigenvalue weighted by Gasteiger charge is 2.31. The molecule has 6 rings (SSSR count). The van der Waals surface area contributed by atoms with Gasteiger partial charge in [0.15, 0.2) is 5.65 Å². The highest BCUT2D eigenvalue weighted by atomic mass is 16.5. The van der Waals surface area contributed by atoms with Crippen LogP contribution in [-0.4, -0.2) is 80.8 Å². The number of nitrogens with zero attached hydrogens (tertiary/aromatic N) is 5. The van der Waals surface area contributed by atoms with Crippen molar-refractivity contribution in [1.29, 1.82) is 0 Å². The highest BCUT2D eigenvalue weighted by Crippen LogP contribution is 2.33. The topological polar surface area (TPSA) is 128 Å². The Labute approximate surface area is 215 Å². The lowest BCUT2D eigenvalue weighted by molar-refractivity contribution is -0.0291. The van der Waals surface area contributed by atoms with Gasteiger partial charge in [0.2, 0.25) is 0 Å². The fourth-order valence-corrected chi connectivity index (χ4v) is 4.61. The Kier molecular flexibility index (Phi) is 7.36. The van der Waals surface area contributed by atoms with Crippen molar-refractivity contribution in [2.45, 2.75) is 43.9 Å². The van der Waals surface area contributed by atoms with Gasteiger partial charge in [-0.05, 0) is 37.8 Å². The van der Waals surface area contributed by atoms with Gasteiger partial charge in [-0.1, -0.05) is 0 Å². The van der Waals surface area contributed by atoms with Gasteiger partial charge in [0, 0.05) is 57.4 Å². The largest absolute Gasteiger partial charge is 0.391 e. The van der Waals surface area contributed by atoms with Gasteiger partial charge >= 0.3 is 0 Å². The molecule has 2 fully saturated rings. The van der Waals surface area contributed by atoms with E-state index in [4.69, 9.17) is 14.5 Å². The predicted octanol–water partition coefficient (Wildman–Crippen LogP) is 2.34. The van der Waals surface area contributed by atoms with Gasteiger partial charge in [-0.25, -0.2) is 9.97 Å². The average molecular weight is 508 g/mol. The summed E-state index contributed by atoms with van der Waals surface area (Å²) in [5.41, 5.74) is 3.40. The van der Waals surface area contributed by atoms with Crippen LogP contribution in [0.4, 0.5) is 5.82 Å². The second-order valence-corrected chi connectivity index (χ2v) is 9.40. The minimum atomic E-state index is -0.486. The van der Waals surface area contributed by atoms with Crippen LogP contribution in [0, 0.1) is 0 Å².